The maximum Gasteiger partial charge on any atom is 0.573 e. The number of alkyl carbamates (subject to hydrolysis) is 1. The van der Waals surface area contributed by atoms with Crippen LogP contribution in [-0.4, -0.2) is 56.3 Å². The lowest BCUT2D eigenvalue weighted by atomic mass is 9.89. The number of alkyl halides is 3. The number of rotatable bonds is 6. The van der Waals surface area contributed by atoms with Gasteiger partial charge in [-0.05, 0) is 48.4 Å². The number of nitrogens with one attached hydrogen (secondary N) is 1. The third kappa shape index (κ3) is 6.89. The van der Waals surface area contributed by atoms with Crippen LogP contribution in [0.15, 0.2) is 58.6 Å². The number of hydrogen-bond donors (Lipinski definition) is 1. The number of ether oxygens (including phenoxy) is 2. The van der Waals surface area contributed by atoms with E-state index in [-0.39, 0.29) is 55.5 Å². The molecule has 1 N–H and O–H groups in total. The van der Waals surface area contributed by atoms with E-state index in [2.05, 4.69) is 15.2 Å². The molecule has 0 aliphatic carbocycles. The van der Waals surface area contributed by atoms with Crippen LogP contribution in [0.5, 0.6) is 5.75 Å². The van der Waals surface area contributed by atoms with Crippen LogP contribution in [0.4, 0.5) is 22.4 Å². The molecule has 1 saturated heterocycles. The molecule has 2 aliphatic rings. The van der Waals surface area contributed by atoms with Gasteiger partial charge in [0.1, 0.15) is 17.2 Å². The summed E-state index contributed by atoms with van der Waals surface area (Å²) in [4.78, 5) is 17.4. The van der Waals surface area contributed by atoms with E-state index in [9.17, 15) is 30.8 Å². The Balaban J connectivity index is 1.24. The fourth-order valence-corrected chi connectivity index (χ4v) is 5.45. The molecule has 9 nitrogen and oxygen atoms in total. The van der Waals surface area contributed by atoms with Crippen molar-refractivity contribution >= 4 is 22.0 Å². The van der Waals surface area contributed by atoms with Gasteiger partial charge >= 0.3 is 12.5 Å². The molecule has 14 heteroatoms. The summed E-state index contributed by atoms with van der Waals surface area (Å²) in [7, 11) is -3.95. The summed E-state index contributed by atoms with van der Waals surface area (Å²) in [5, 5.41) is 6.41. The average molecular weight is 546 g/mol. The number of nitrogens with zero attached hydrogens (tertiary/aromatic N) is 2. The first kappa shape index (κ1) is 26.7. The highest BCUT2D eigenvalue weighted by atomic mass is 32.2. The van der Waals surface area contributed by atoms with E-state index in [4.69, 9.17) is 9.57 Å². The molecule has 37 heavy (non-hydrogen) atoms. The highest BCUT2D eigenvalue weighted by Gasteiger charge is 2.45. The van der Waals surface area contributed by atoms with Crippen molar-refractivity contribution in [1.82, 2.24) is 9.62 Å². The summed E-state index contributed by atoms with van der Waals surface area (Å²) in [6, 6.07) is 9.88. The van der Waals surface area contributed by atoms with E-state index >= 15 is 0 Å². The van der Waals surface area contributed by atoms with Gasteiger partial charge in [0.05, 0.1) is 11.3 Å². The van der Waals surface area contributed by atoms with Crippen molar-refractivity contribution in [1.29, 1.82) is 0 Å². The second-order valence-corrected chi connectivity index (χ2v) is 10.5. The Morgan fingerprint density at radius 2 is 1.73 bits per heavy atom. The number of hydrogen-bond acceptors (Lipinski definition) is 7. The van der Waals surface area contributed by atoms with Gasteiger partial charge in [-0.1, -0.05) is 17.3 Å². The zero-order valence-corrected chi connectivity index (χ0v) is 20.1. The Kier molecular flexibility index (Phi) is 7.59. The van der Waals surface area contributed by atoms with E-state index in [0.29, 0.717) is 6.42 Å². The molecule has 2 aliphatic heterocycles. The number of sulfonamides is 1. The van der Waals surface area contributed by atoms with E-state index in [1.807, 2.05) is 0 Å². The van der Waals surface area contributed by atoms with Gasteiger partial charge in [-0.2, -0.15) is 4.31 Å². The molecule has 0 bridgehead atoms. The first-order valence-electron chi connectivity index (χ1n) is 11.3. The highest BCUT2D eigenvalue weighted by Crippen LogP contribution is 2.36. The van der Waals surface area contributed by atoms with Crippen LogP contribution in [-0.2, 0) is 26.0 Å². The maximum atomic E-state index is 12.9. The molecule has 200 valence electrons. The number of carbonyl (C=O) groups excluding carboxylic acids is 1. The number of oxime groups is 1. The minimum Gasteiger partial charge on any atom is -0.406 e. The quantitative estimate of drug-likeness (QED) is 0.551. The number of piperidine rings is 1. The molecule has 1 amide bonds. The van der Waals surface area contributed by atoms with Gasteiger partial charge in [0.25, 0.3) is 0 Å². The molecule has 0 atom stereocenters. The van der Waals surface area contributed by atoms with E-state index in [1.165, 1.54) is 16.4 Å². The summed E-state index contributed by atoms with van der Waals surface area (Å²) in [6.07, 6.45) is -4.41. The van der Waals surface area contributed by atoms with Crippen molar-refractivity contribution in [3.05, 3.63) is 59.9 Å². The third-order valence-electron chi connectivity index (χ3n) is 5.95. The largest absolute Gasteiger partial charge is 0.573 e. The van der Waals surface area contributed by atoms with Crippen molar-refractivity contribution < 1.29 is 45.1 Å². The molecule has 4 rings (SSSR count). The maximum absolute atomic E-state index is 12.9. The fraction of sp³-hybridized carbons (Fsp3) is 0.391. The predicted octanol–water partition coefficient (Wildman–Crippen LogP) is 3.95. The first-order valence-corrected chi connectivity index (χ1v) is 12.7. The van der Waals surface area contributed by atoms with E-state index in [1.54, 1.807) is 12.1 Å². The average Bonchev–Trinajstić information content (AvgIpc) is 3.21. The Bertz CT molecular complexity index is 1240. The van der Waals surface area contributed by atoms with Crippen LogP contribution >= 0.6 is 0 Å². The Morgan fingerprint density at radius 1 is 1.08 bits per heavy atom. The molecular weight excluding hydrogens is 522 g/mol. The lowest BCUT2D eigenvalue weighted by Crippen LogP contribution is -2.46. The van der Waals surface area contributed by atoms with Crippen molar-refractivity contribution in [2.24, 2.45) is 5.16 Å². The Hall–Kier alpha value is -3.39. The molecular formula is C23H23F4N3O6S. The molecule has 0 unspecified atom stereocenters. The van der Waals surface area contributed by atoms with Crippen LogP contribution in [0, 0.1) is 5.82 Å². The molecule has 2 aromatic rings. The molecule has 0 radical (unpaired) electrons. The summed E-state index contributed by atoms with van der Waals surface area (Å²) in [5.74, 6) is -0.801. The van der Waals surface area contributed by atoms with Crippen LogP contribution in [0.2, 0.25) is 0 Å². The zero-order valence-electron chi connectivity index (χ0n) is 19.3. The van der Waals surface area contributed by atoms with Crippen LogP contribution in [0.1, 0.15) is 24.8 Å². The minimum absolute atomic E-state index is 0.0656. The monoisotopic (exact) mass is 545 g/mol. The van der Waals surface area contributed by atoms with E-state index in [0.717, 1.165) is 29.8 Å². The molecule has 2 heterocycles. The molecule has 2 aromatic carbocycles. The minimum atomic E-state index is -4.88. The van der Waals surface area contributed by atoms with Gasteiger partial charge in [-0.15, -0.1) is 13.2 Å². The smallest absolute Gasteiger partial charge is 0.406 e. The zero-order chi connectivity index (χ0) is 26.7. The Morgan fingerprint density at radius 3 is 2.35 bits per heavy atom. The molecule has 0 saturated carbocycles. The first-order chi connectivity index (χ1) is 17.4. The van der Waals surface area contributed by atoms with Crippen molar-refractivity contribution in [3.63, 3.8) is 0 Å². The van der Waals surface area contributed by atoms with Gasteiger partial charge in [0.15, 0.2) is 0 Å². The van der Waals surface area contributed by atoms with Crippen LogP contribution in [0.3, 0.4) is 0 Å². The lowest BCUT2D eigenvalue weighted by Gasteiger charge is -2.36. The SMILES string of the molecule is O=C(NCCc1ccc(F)cc1)OC1=NOC2(CCN(S(=O)(=O)c3ccc(OC(F)(F)F)cc3)CC2)C1. The van der Waals surface area contributed by atoms with Crippen molar-refractivity contribution in [2.75, 3.05) is 19.6 Å². The predicted molar refractivity (Wildman–Crippen MR) is 122 cm³/mol. The fourth-order valence-electron chi connectivity index (χ4n) is 4.01. The Labute approximate surface area is 210 Å². The summed E-state index contributed by atoms with van der Waals surface area (Å²) >= 11 is 0. The van der Waals surface area contributed by atoms with E-state index < -0.39 is 33.8 Å². The third-order valence-corrected chi connectivity index (χ3v) is 7.86. The number of amides is 1. The van der Waals surface area contributed by atoms with Gasteiger partial charge < -0.3 is 19.6 Å². The van der Waals surface area contributed by atoms with Gasteiger partial charge in [0.2, 0.25) is 15.9 Å². The topological polar surface area (TPSA) is 107 Å². The number of carbonyl (C=O) groups is 1. The molecule has 1 spiro atoms. The molecule has 0 aromatic heterocycles. The van der Waals surface area contributed by atoms with Crippen molar-refractivity contribution in [2.45, 2.75) is 42.5 Å². The summed E-state index contributed by atoms with van der Waals surface area (Å²) in [5.41, 5.74) is 0.0228. The standard InChI is InChI=1S/C23H23F4N3O6S/c24-17-3-1-16(2-4-17)9-12-28-21(31)34-20-15-22(36-29-20)10-13-30(14-11-22)37(32,33)19-7-5-18(6-8-19)35-23(25,26)27/h1-8H,9-15H2,(H,28,31). The number of halogens is 4. The van der Waals surface area contributed by atoms with Crippen LogP contribution in [0.25, 0.3) is 0 Å². The van der Waals surface area contributed by atoms with Gasteiger partial charge in [0, 0.05) is 32.5 Å². The normalized spacial score (nSPS) is 17.7. The second kappa shape index (κ2) is 10.5. The highest BCUT2D eigenvalue weighted by molar-refractivity contribution is 7.89. The van der Waals surface area contributed by atoms with Crippen LogP contribution < -0.4 is 10.1 Å². The van der Waals surface area contributed by atoms with Gasteiger partial charge in [-0.3, -0.25) is 0 Å². The number of benzene rings is 2. The summed E-state index contributed by atoms with van der Waals surface area (Å²) < 4.78 is 85.9. The van der Waals surface area contributed by atoms with Gasteiger partial charge in [-0.25, -0.2) is 17.6 Å². The second-order valence-electron chi connectivity index (χ2n) is 8.55. The van der Waals surface area contributed by atoms with Crippen molar-refractivity contribution in [3.8, 4) is 5.75 Å². The summed E-state index contributed by atoms with van der Waals surface area (Å²) in [6.45, 7) is 0.422. The lowest BCUT2D eigenvalue weighted by molar-refractivity contribution is -0.274. The molecule has 1 fully saturated rings.